The fourth-order valence-electron chi connectivity index (χ4n) is 4.54. The van der Waals surface area contributed by atoms with Gasteiger partial charge in [0.2, 0.25) is 0 Å². The molecule has 1 aliphatic rings. The number of benzene rings is 1. The molecule has 29 heavy (non-hydrogen) atoms. The Kier molecular flexibility index (Phi) is 8.47. The van der Waals surface area contributed by atoms with Crippen LogP contribution < -0.4 is 10.4 Å². The summed E-state index contributed by atoms with van der Waals surface area (Å²) in [7, 11) is 0. The Balaban J connectivity index is 1.63. The van der Waals surface area contributed by atoms with Crippen molar-refractivity contribution in [2.45, 2.75) is 90.4 Å². The molecule has 0 unspecified atom stereocenters. The van der Waals surface area contributed by atoms with Gasteiger partial charge in [0.05, 0.1) is 17.0 Å². The molecule has 1 aromatic heterocycles. The van der Waals surface area contributed by atoms with Gasteiger partial charge in [-0.2, -0.15) is 0 Å². The van der Waals surface area contributed by atoms with Crippen LogP contribution in [0.25, 0.3) is 10.8 Å². The lowest BCUT2D eigenvalue weighted by molar-refractivity contribution is 0.275. The minimum Gasteiger partial charge on any atom is -0.492 e. The van der Waals surface area contributed by atoms with E-state index in [1.165, 1.54) is 51.4 Å². The molecule has 2 aromatic rings. The SMILES string of the molecule is CCCCCCCC1CCC(c2cc3ccc(OCCC)c(Cl)c3c(=O)o2)CC1. The maximum Gasteiger partial charge on any atom is 0.345 e. The fraction of sp³-hybridized carbons (Fsp3) is 0.640. The minimum absolute atomic E-state index is 0.345. The van der Waals surface area contributed by atoms with Crippen molar-refractivity contribution >= 4 is 22.4 Å². The Hall–Kier alpha value is -1.48. The van der Waals surface area contributed by atoms with E-state index in [2.05, 4.69) is 6.92 Å². The van der Waals surface area contributed by atoms with Gasteiger partial charge >= 0.3 is 5.63 Å². The predicted molar refractivity (Wildman–Crippen MR) is 121 cm³/mol. The highest BCUT2D eigenvalue weighted by atomic mass is 35.5. The zero-order valence-corrected chi connectivity index (χ0v) is 18.7. The first-order chi connectivity index (χ1) is 14.1. The molecule has 160 valence electrons. The van der Waals surface area contributed by atoms with Crippen molar-refractivity contribution in [2.24, 2.45) is 5.92 Å². The highest BCUT2D eigenvalue weighted by Gasteiger charge is 2.25. The van der Waals surface area contributed by atoms with Gasteiger partial charge in [-0.05, 0) is 55.5 Å². The lowest BCUT2D eigenvalue weighted by Gasteiger charge is -2.28. The largest absolute Gasteiger partial charge is 0.492 e. The lowest BCUT2D eigenvalue weighted by atomic mass is 9.78. The van der Waals surface area contributed by atoms with Gasteiger partial charge in [-0.1, -0.05) is 70.0 Å². The second-order valence-electron chi connectivity index (χ2n) is 8.55. The zero-order chi connectivity index (χ0) is 20.6. The molecule has 0 radical (unpaired) electrons. The summed E-state index contributed by atoms with van der Waals surface area (Å²) in [5, 5.41) is 1.65. The van der Waals surface area contributed by atoms with E-state index >= 15 is 0 Å². The normalized spacial score (nSPS) is 19.6. The minimum atomic E-state index is -0.345. The van der Waals surface area contributed by atoms with Crippen LogP contribution in [0.4, 0.5) is 0 Å². The van der Waals surface area contributed by atoms with Gasteiger partial charge in [-0.25, -0.2) is 4.79 Å². The Labute approximate surface area is 179 Å². The van der Waals surface area contributed by atoms with E-state index in [9.17, 15) is 4.79 Å². The van der Waals surface area contributed by atoms with Crippen LogP contribution in [0.3, 0.4) is 0 Å². The highest BCUT2D eigenvalue weighted by Crippen LogP contribution is 2.39. The molecule has 4 heteroatoms. The van der Waals surface area contributed by atoms with Crippen molar-refractivity contribution in [3.05, 3.63) is 39.4 Å². The van der Waals surface area contributed by atoms with E-state index in [0.29, 0.717) is 28.7 Å². The lowest BCUT2D eigenvalue weighted by Crippen LogP contribution is -2.15. The van der Waals surface area contributed by atoms with E-state index in [4.69, 9.17) is 20.8 Å². The average Bonchev–Trinajstić information content (AvgIpc) is 2.73. The molecule has 0 bridgehead atoms. The van der Waals surface area contributed by atoms with Crippen LogP contribution >= 0.6 is 11.6 Å². The molecule has 0 spiro atoms. The number of fused-ring (bicyclic) bond motifs is 1. The van der Waals surface area contributed by atoms with Crippen LogP contribution in [0, 0.1) is 5.92 Å². The van der Waals surface area contributed by atoms with E-state index in [-0.39, 0.29) is 5.63 Å². The topological polar surface area (TPSA) is 39.4 Å². The van der Waals surface area contributed by atoms with Crippen LogP contribution in [-0.4, -0.2) is 6.61 Å². The van der Waals surface area contributed by atoms with Gasteiger partial charge in [0.25, 0.3) is 0 Å². The molecule has 0 atom stereocenters. The van der Waals surface area contributed by atoms with Crippen LogP contribution in [-0.2, 0) is 0 Å². The number of halogens is 1. The highest BCUT2D eigenvalue weighted by molar-refractivity contribution is 6.36. The first-order valence-corrected chi connectivity index (χ1v) is 11.9. The Morgan fingerprint density at radius 1 is 1.03 bits per heavy atom. The van der Waals surface area contributed by atoms with E-state index in [1.807, 2.05) is 25.1 Å². The fourth-order valence-corrected chi connectivity index (χ4v) is 4.84. The van der Waals surface area contributed by atoms with Gasteiger partial charge < -0.3 is 9.15 Å². The van der Waals surface area contributed by atoms with E-state index in [0.717, 1.165) is 36.3 Å². The third-order valence-electron chi connectivity index (χ3n) is 6.28. The molecule has 1 heterocycles. The van der Waals surface area contributed by atoms with Crippen molar-refractivity contribution in [2.75, 3.05) is 6.61 Å². The first-order valence-electron chi connectivity index (χ1n) is 11.5. The van der Waals surface area contributed by atoms with Crippen LogP contribution in [0.5, 0.6) is 5.75 Å². The summed E-state index contributed by atoms with van der Waals surface area (Å²) in [6.45, 7) is 4.88. The molecule has 3 nitrogen and oxygen atoms in total. The summed E-state index contributed by atoms with van der Waals surface area (Å²) in [5.41, 5.74) is -0.345. The molecule has 0 amide bonds. The van der Waals surface area contributed by atoms with Gasteiger partial charge in [-0.3, -0.25) is 0 Å². The maximum absolute atomic E-state index is 12.7. The average molecular weight is 419 g/mol. The standard InChI is InChI=1S/C25H35ClO3/c1-3-5-6-7-8-9-18-10-12-19(13-11-18)22-17-20-14-15-21(28-16-4-2)24(26)23(20)25(27)29-22/h14-15,17-19H,3-13,16H2,1-2H3. The smallest absolute Gasteiger partial charge is 0.345 e. The quantitative estimate of drug-likeness (QED) is 0.368. The molecule has 0 saturated heterocycles. The van der Waals surface area contributed by atoms with Crippen LogP contribution in [0.2, 0.25) is 5.02 Å². The molecule has 3 rings (SSSR count). The van der Waals surface area contributed by atoms with Crippen LogP contribution in [0.1, 0.15) is 96.2 Å². The zero-order valence-electron chi connectivity index (χ0n) is 18.0. The Morgan fingerprint density at radius 3 is 2.52 bits per heavy atom. The van der Waals surface area contributed by atoms with Crippen molar-refractivity contribution in [3.8, 4) is 5.75 Å². The van der Waals surface area contributed by atoms with E-state index < -0.39 is 0 Å². The van der Waals surface area contributed by atoms with Crippen molar-refractivity contribution in [1.82, 2.24) is 0 Å². The van der Waals surface area contributed by atoms with Crippen molar-refractivity contribution in [1.29, 1.82) is 0 Å². The molecule has 1 saturated carbocycles. The number of rotatable bonds is 10. The van der Waals surface area contributed by atoms with Crippen LogP contribution in [0.15, 0.2) is 27.4 Å². The molecule has 1 aliphatic carbocycles. The van der Waals surface area contributed by atoms with Gasteiger partial charge in [-0.15, -0.1) is 0 Å². The Bertz CT molecular complexity index is 834. The molecule has 0 aliphatic heterocycles. The van der Waals surface area contributed by atoms with Crippen molar-refractivity contribution < 1.29 is 9.15 Å². The van der Waals surface area contributed by atoms with Crippen molar-refractivity contribution in [3.63, 3.8) is 0 Å². The summed E-state index contributed by atoms with van der Waals surface area (Å²) >= 11 is 6.43. The molecule has 0 N–H and O–H groups in total. The summed E-state index contributed by atoms with van der Waals surface area (Å²) in [5.74, 6) is 2.56. The molecular formula is C25H35ClO3. The van der Waals surface area contributed by atoms with Gasteiger partial charge in [0, 0.05) is 5.92 Å². The number of hydrogen-bond acceptors (Lipinski definition) is 3. The number of ether oxygens (including phenoxy) is 1. The summed E-state index contributed by atoms with van der Waals surface area (Å²) in [4.78, 5) is 12.7. The summed E-state index contributed by atoms with van der Waals surface area (Å²) in [6.07, 6.45) is 13.7. The number of hydrogen-bond donors (Lipinski definition) is 0. The first kappa shape index (κ1) is 22.2. The maximum atomic E-state index is 12.7. The van der Waals surface area contributed by atoms with Gasteiger partial charge in [0.15, 0.2) is 0 Å². The number of unbranched alkanes of at least 4 members (excludes halogenated alkanes) is 4. The third kappa shape index (κ3) is 5.78. The molecule has 1 aromatic carbocycles. The predicted octanol–water partition coefficient (Wildman–Crippen LogP) is 7.87. The third-order valence-corrected chi connectivity index (χ3v) is 6.65. The summed E-state index contributed by atoms with van der Waals surface area (Å²) < 4.78 is 11.4. The van der Waals surface area contributed by atoms with E-state index in [1.54, 1.807) is 0 Å². The second kappa shape index (κ2) is 11.1. The molecule has 1 fully saturated rings. The van der Waals surface area contributed by atoms with Gasteiger partial charge in [0.1, 0.15) is 11.5 Å². The summed E-state index contributed by atoms with van der Waals surface area (Å²) in [6, 6.07) is 5.80. The monoisotopic (exact) mass is 418 g/mol. The Morgan fingerprint density at radius 2 is 1.79 bits per heavy atom. The second-order valence-corrected chi connectivity index (χ2v) is 8.93. The molecular weight excluding hydrogens is 384 g/mol.